The second-order valence-corrected chi connectivity index (χ2v) is 14.5. The van der Waals surface area contributed by atoms with Crippen LogP contribution in [0.15, 0.2) is 72.9 Å². The molecule has 0 radical (unpaired) electrons. The molecule has 53 heavy (non-hydrogen) atoms. The lowest BCUT2D eigenvalue weighted by molar-refractivity contribution is -0.373. The first-order chi connectivity index (χ1) is 25.8. The van der Waals surface area contributed by atoms with E-state index in [-0.39, 0.29) is 32.6 Å². The fraction of sp³-hybridized carbons (Fsp3) is 0.674. The summed E-state index contributed by atoms with van der Waals surface area (Å²) in [5.74, 6) is -0.885. The van der Waals surface area contributed by atoms with Gasteiger partial charge in [0.25, 0.3) is 7.82 Å². The van der Waals surface area contributed by atoms with Gasteiger partial charge < -0.3 is 29.1 Å². The van der Waals surface area contributed by atoms with Crippen LogP contribution in [0.1, 0.15) is 155 Å². The quantitative estimate of drug-likeness (QED) is 0.0286. The number of phosphoric acid groups is 1. The number of allylic oxidation sites excluding steroid dienone is 12. The summed E-state index contributed by atoms with van der Waals surface area (Å²) in [4.78, 5) is 37.0. The number of esters is 2. The van der Waals surface area contributed by atoms with Crippen molar-refractivity contribution in [2.75, 3.05) is 26.4 Å². The van der Waals surface area contributed by atoms with E-state index in [9.17, 15) is 19.0 Å². The van der Waals surface area contributed by atoms with Gasteiger partial charge in [-0.25, -0.2) is 0 Å². The average Bonchev–Trinajstić information content (AvgIpc) is 3.14. The summed E-state index contributed by atoms with van der Waals surface area (Å²) in [5, 5.41) is 0. The standard InChI is InChI=1S/C43H74NO8P/c1-3-5-7-9-11-13-15-17-19-20-22-23-25-27-29-31-33-35-42(45)49-39-41(40-51-53(47,48)50-38-37-44)52-43(46)36-34-32-30-28-26-24-21-18-16-14-12-10-8-6-4-2/h5-8,11-14,17-19,21,41H,3-4,9-10,15-16,20,22-40,44H2,1-2H3,(H,47,48)/b7-5-,8-6-,13-11-,14-12-,19-17-,21-18-/t41-/m1/s1. The molecule has 3 N–H and O–H groups in total. The Labute approximate surface area is 322 Å². The van der Waals surface area contributed by atoms with Crippen LogP contribution in [0.2, 0.25) is 0 Å². The molecule has 304 valence electrons. The van der Waals surface area contributed by atoms with Gasteiger partial charge >= 0.3 is 11.9 Å². The zero-order chi connectivity index (χ0) is 38.9. The van der Waals surface area contributed by atoms with Crippen LogP contribution >= 0.6 is 7.82 Å². The van der Waals surface area contributed by atoms with Crippen molar-refractivity contribution in [3.05, 3.63) is 72.9 Å². The molecule has 0 aromatic rings. The maximum Gasteiger partial charge on any atom is 0.306 e. The van der Waals surface area contributed by atoms with Gasteiger partial charge in [-0.15, -0.1) is 0 Å². The number of carbonyl (C=O) groups excluding carboxylic acids is 2. The minimum Gasteiger partial charge on any atom is -0.756 e. The third-order valence-corrected chi connectivity index (χ3v) is 9.07. The zero-order valence-corrected chi connectivity index (χ0v) is 34.2. The number of hydrogen-bond donors (Lipinski definition) is 1. The van der Waals surface area contributed by atoms with E-state index in [4.69, 9.17) is 18.5 Å². The van der Waals surface area contributed by atoms with Crippen LogP contribution in [0.3, 0.4) is 0 Å². The number of phosphoric ester groups is 1. The molecular formula is C43H74NO8P. The van der Waals surface area contributed by atoms with Gasteiger partial charge in [-0.05, 0) is 77.0 Å². The van der Waals surface area contributed by atoms with Crippen molar-refractivity contribution in [2.24, 2.45) is 0 Å². The van der Waals surface area contributed by atoms with Crippen LogP contribution in [0.5, 0.6) is 0 Å². The topological polar surface area (TPSA) is 139 Å². The van der Waals surface area contributed by atoms with Gasteiger partial charge in [0.15, 0.2) is 6.10 Å². The molecule has 0 amide bonds. The lowest BCUT2D eigenvalue weighted by atomic mass is 10.1. The Hall–Kier alpha value is -2.55. The van der Waals surface area contributed by atoms with Gasteiger partial charge in [-0.2, -0.15) is 0 Å². The fourth-order valence-electron chi connectivity index (χ4n) is 5.14. The number of unbranched alkanes of at least 4 members (excludes halogenated alkanes) is 12. The molecule has 0 aliphatic rings. The minimum atomic E-state index is -4.60. The molecule has 1 unspecified atom stereocenters. The van der Waals surface area contributed by atoms with Crippen LogP contribution in [-0.2, 0) is 32.7 Å². The maximum atomic E-state index is 12.5. The van der Waals surface area contributed by atoms with Gasteiger partial charge in [0.1, 0.15) is 13.2 Å². The van der Waals surface area contributed by atoms with Gasteiger partial charge in [0.05, 0.1) is 13.2 Å². The highest BCUT2D eigenvalue weighted by Crippen LogP contribution is 2.38. The molecule has 10 heteroatoms. The van der Waals surface area contributed by atoms with Gasteiger partial charge in [-0.1, -0.05) is 138 Å². The number of carbonyl (C=O) groups is 2. The molecule has 0 saturated heterocycles. The minimum absolute atomic E-state index is 0.113. The van der Waals surface area contributed by atoms with Crippen LogP contribution in [0.4, 0.5) is 0 Å². The van der Waals surface area contributed by atoms with E-state index < -0.39 is 32.5 Å². The third kappa shape index (κ3) is 39.0. The van der Waals surface area contributed by atoms with Crippen LogP contribution in [-0.4, -0.2) is 44.4 Å². The fourth-order valence-corrected chi connectivity index (χ4v) is 5.91. The van der Waals surface area contributed by atoms with Gasteiger partial charge in [0, 0.05) is 12.8 Å². The highest BCUT2D eigenvalue weighted by molar-refractivity contribution is 7.45. The van der Waals surface area contributed by atoms with E-state index in [1.165, 1.54) is 19.3 Å². The smallest absolute Gasteiger partial charge is 0.306 e. The molecule has 0 aromatic heterocycles. The molecule has 0 saturated carbocycles. The number of quaternary nitrogens is 1. The normalized spacial score (nSPS) is 14.1. The molecule has 0 spiro atoms. The first-order valence-corrected chi connectivity index (χ1v) is 21.9. The molecule has 9 nitrogen and oxygen atoms in total. The van der Waals surface area contributed by atoms with Crippen LogP contribution in [0, 0.1) is 0 Å². The predicted octanol–water partition coefficient (Wildman–Crippen LogP) is 10.1. The van der Waals surface area contributed by atoms with E-state index in [1.807, 2.05) is 0 Å². The van der Waals surface area contributed by atoms with E-state index in [2.05, 4.69) is 92.5 Å². The summed E-state index contributed by atoms with van der Waals surface area (Å²) >= 11 is 0. The summed E-state index contributed by atoms with van der Waals surface area (Å²) in [6, 6.07) is 0. The summed E-state index contributed by atoms with van der Waals surface area (Å²) in [7, 11) is -4.60. The lowest BCUT2D eigenvalue weighted by Gasteiger charge is -2.25. The summed E-state index contributed by atoms with van der Waals surface area (Å²) in [6.07, 6.45) is 46.3. The molecule has 0 bridgehead atoms. The molecule has 0 aliphatic heterocycles. The summed E-state index contributed by atoms with van der Waals surface area (Å²) in [5.41, 5.74) is 3.55. The molecule has 2 atom stereocenters. The van der Waals surface area contributed by atoms with Crippen molar-refractivity contribution in [3.8, 4) is 0 Å². The second kappa shape index (κ2) is 39.2. The Morgan fingerprint density at radius 2 is 0.981 bits per heavy atom. The molecule has 0 heterocycles. The van der Waals surface area contributed by atoms with Crippen LogP contribution < -0.4 is 10.6 Å². The first-order valence-electron chi connectivity index (χ1n) is 20.5. The Morgan fingerprint density at radius 1 is 0.566 bits per heavy atom. The monoisotopic (exact) mass is 764 g/mol. The van der Waals surface area contributed by atoms with Crippen molar-refractivity contribution in [1.29, 1.82) is 0 Å². The predicted molar refractivity (Wildman–Crippen MR) is 216 cm³/mol. The van der Waals surface area contributed by atoms with Crippen molar-refractivity contribution in [2.45, 2.75) is 161 Å². The maximum absolute atomic E-state index is 12.5. The Balaban J connectivity index is 4.23. The SMILES string of the molecule is CC/C=C\C/C=C\C/C=C\CCCCCCCCCC(=O)OC[C@H](COP(=O)([O-])OCC[NH3+])OC(=O)CCCCCCC/C=C\C/C=C\C/C=C\CC. The van der Waals surface area contributed by atoms with E-state index in [0.29, 0.717) is 12.8 Å². The van der Waals surface area contributed by atoms with Crippen molar-refractivity contribution >= 4 is 19.8 Å². The number of ether oxygens (including phenoxy) is 2. The molecule has 0 rings (SSSR count). The van der Waals surface area contributed by atoms with Crippen LogP contribution in [0.25, 0.3) is 0 Å². The first kappa shape index (κ1) is 50.5. The van der Waals surface area contributed by atoms with Crippen molar-refractivity contribution in [3.63, 3.8) is 0 Å². The van der Waals surface area contributed by atoms with Gasteiger partial charge in [0.2, 0.25) is 0 Å². The molecule has 0 aromatic carbocycles. The highest BCUT2D eigenvalue weighted by Gasteiger charge is 2.21. The Kier molecular flexibility index (Phi) is 37.3. The molecule has 0 fully saturated rings. The number of rotatable bonds is 37. The third-order valence-electron chi connectivity index (χ3n) is 8.10. The number of hydrogen-bond acceptors (Lipinski definition) is 8. The Bertz CT molecular complexity index is 1100. The average molecular weight is 764 g/mol. The second-order valence-electron chi connectivity index (χ2n) is 13.1. The van der Waals surface area contributed by atoms with Crippen molar-refractivity contribution in [1.82, 2.24) is 0 Å². The molecule has 0 aliphatic carbocycles. The lowest BCUT2D eigenvalue weighted by Crippen LogP contribution is -2.52. The zero-order valence-electron chi connectivity index (χ0n) is 33.3. The summed E-state index contributed by atoms with van der Waals surface area (Å²) < 4.78 is 32.5. The molecular weight excluding hydrogens is 689 g/mol. The van der Waals surface area contributed by atoms with E-state index >= 15 is 0 Å². The highest BCUT2D eigenvalue weighted by atomic mass is 31.2. The van der Waals surface area contributed by atoms with E-state index in [1.54, 1.807) is 0 Å². The van der Waals surface area contributed by atoms with Gasteiger partial charge in [-0.3, -0.25) is 14.2 Å². The largest absolute Gasteiger partial charge is 0.756 e. The summed E-state index contributed by atoms with van der Waals surface area (Å²) in [6.45, 7) is 3.66. The van der Waals surface area contributed by atoms with Crippen molar-refractivity contribution < 1.29 is 43.3 Å². The van der Waals surface area contributed by atoms with E-state index in [0.717, 1.165) is 96.3 Å². The Morgan fingerprint density at radius 3 is 1.45 bits per heavy atom.